The van der Waals surface area contributed by atoms with Crippen LogP contribution in [0.2, 0.25) is 5.02 Å². The highest BCUT2D eigenvalue weighted by Gasteiger charge is 2.19. The molecule has 1 amide bonds. The van der Waals surface area contributed by atoms with Crippen molar-refractivity contribution < 1.29 is 9.18 Å². The normalized spacial score (nSPS) is 11.2. The van der Waals surface area contributed by atoms with Crippen molar-refractivity contribution in [3.8, 4) is 0 Å². The number of amides is 1. The number of aromatic nitrogens is 4. The number of H-pyrrole nitrogens is 1. The third kappa shape index (κ3) is 2.70. The molecular weight excluding hydrogens is 361 g/mol. The molecule has 0 fully saturated rings. The molecule has 0 aliphatic heterocycles. The number of aromatic amines is 1. The zero-order valence-corrected chi connectivity index (χ0v) is 13.9. The third-order valence-corrected chi connectivity index (χ3v) is 4.30. The van der Waals surface area contributed by atoms with E-state index in [1.54, 1.807) is 24.3 Å². The highest BCUT2D eigenvalue weighted by molar-refractivity contribution is 6.31. The van der Waals surface area contributed by atoms with Crippen LogP contribution >= 0.6 is 11.6 Å². The second-order valence-corrected chi connectivity index (χ2v) is 6.00. The summed E-state index contributed by atoms with van der Waals surface area (Å²) in [6.07, 6.45) is 0. The van der Waals surface area contributed by atoms with Crippen LogP contribution in [-0.2, 0) is 6.54 Å². The molecule has 0 spiro atoms. The molecule has 2 heterocycles. The largest absolute Gasteiger partial charge is 0.346 e. The van der Waals surface area contributed by atoms with Crippen LogP contribution in [0, 0.1) is 5.82 Å². The van der Waals surface area contributed by atoms with Crippen molar-refractivity contribution in [2.45, 2.75) is 6.54 Å². The van der Waals surface area contributed by atoms with E-state index in [0.717, 1.165) is 5.56 Å². The number of nitrogens with zero attached hydrogens (tertiary/aromatic N) is 3. The molecule has 0 unspecified atom stereocenters. The van der Waals surface area contributed by atoms with Gasteiger partial charge < -0.3 is 10.3 Å². The molecule has 7 nitrogen and oxygen atoms in total. The Morgan fingerprint density at radius 3 is 2.88 bits per heavy atom. The van der Waals surface area contributed by atoms with Crippen LogP contribution in [0.5, 0.6) is 0 Å². The zero-order chi connectivity index (χ0) is 18.3. The Bertz CT molecular complexity index is 1220. The minimum absolute atomic E-state index is 0.0132. The van der Waals surface area contributed by atoms with Gasteiger partial charge in [0.25, 0.3) is 11.5 Å². The molecule has 9 heteroatoms. The van der Waals surface area contributed by atoms with Crippen LogP contribution in [0.4, 0.5) is 4.39 Å². The second-order valence-electron chi connectivity index (χ2n) is 5.59. The van der Waals surface area contributed by atoms with Gasteiger partial charge >= 0.3 is 0 Å². The average molecular weight is 372 g/mol. The number of hydrogen-bond donors (Lipinski definition) is 2. The Morgan fingerprint density at radius 1 is 1.27 bits per heavy atom. The summed E-state index contributed by atoms with van der Waals surface area (Å²) in [6.45, 7) is 0.175. The number of carbonyl (C=O) groups is 1. The quantitative estimate of drug-likeness (QED) is 0.578. The summed E-state index contributed by atoms with van der Waals surface area (Å²) in [5.41, 5.74) is 0.698. The van der Waals surface area contributed by atoms with Crippen molar-refractivity contribution in [3.63, 3.8) is 0 Å². The number of rotatable bonds is 3. The van der Waals surface area contributed by atoms with E-state index in [-0.39, 0.29) is 23.3 Å². The first-order valence-electron chi connectivity index (χ1n) is 7.63. The number of fused-ring (bicyclic) bond motifs is 3. The van der Waals surface area contributed by atoms with Crippen LogP contribution in [0.1, 0.15) is 16.1 Å². The highest BCUT2D eigenvalue weighted by Crippen LogP contribution is 2.16. The number of benzene rings is 2. The van der Waals surface area contributed by atoms with E-state index in [1.807, 2.05) is 0 Å². The van der Waals surface area contributed by atoms with Gasteiger partial charge in [0.15, 0.2) is 11.2 Å². The van der Waals surface area contributed by atoms with Gasteiger partial charge in [-0.3, -0.25) is 9.59 Å². The Hall–Kier alpha value is -3.26. The summed E-state index contributed by atoms with van der Waals surface area (Å²) in [5, 5.41) is 10.9. The lowest BCUT2D eigenvalue weighted by Gasteiger charge is -2.05. The minimum atomic E-state index is -0.587. The maximum absolute atomic E-state index is 13.4. The lowest BCUT2D eigenvalue weighted by Crippen LogP contribution is -2.25. The topological polar surface area (TPSA) is 92.2 Å². The molecule has 0 atom stereocenters. The molecule has 2 aromatic carbocycles. The van der Waals surface area contributed by atoms with Crippen LogP contribution in [-0.4, -0.2) is 25.7 Å². The van der Waals surface area contributed by atoms with E-state index in [4.69, 9.17) is 11.6 Å². The van der Waals surface area contributed by atoms with Gasteiger partial charge in [-0.15, -0.1) is 5.10 Å². The van der Waals surface area contributed by atoms with E-state index in [9.17, 15) is 14.0 Å². The lowest BCUT2D eigenvalue weighted by molar-refractivity contribution is 0.0947. The van der Waals surface area contributed by atoms with Crippen molar-refractivity contribution in [2.24, 2.45) is 0 Å². The van der Waals surface area contributed by atoms with E-state index >= 15 is 0 Å². The molecule has 26 heavy (non-hydrogen) atoms. The van der Waals surface area contributed by atoms with Gasteiger partial charge in [-0.25, -0.2) is 8.91 Å². The monoisotopic (exact) mass is 371 g/mol. The van der Waals surface area contributed by atoms with Crippen LogP contribution < -0.4 is 10.9 Å². The van der Waals surface area contributed by atoms with E-state index in [1.165, 1.54) is 22.7 Å². The number of nitrogens with one attached hydrogen (secondary N) is 2. The van der Waals surface area contributed by atoms with Crippen molar-refractivity contribution in [1.82, 2.24) is 25.1 Å². The maximum atomic E-state index is 13.4. The number of hydrogen-bond acceptors (Lipinski definition) is 4. The van der Waals surface area contributed by atoms with Crippen molar-refractivity contribution in [1.29, 1.82) is 0 Å². The SMILES string of the molecule is O=C(NCc1ccccc1Cl)c1nnn2c1c(=O)[nH]c1cc(F)ccc12. The fourth-order valence-corrected chi connectivity index (χ4v) is 2.89. The molecule has 0 saturated carbocycles. The summed E-state index contributed by atoms with van der Waals surface area (Å²) in [7, 11) is 0. The average Bonchev–Trinajstić information content (AvgIpc) is 3.06. The van der Waals surface area contributed by atoms with E-state index < -0.39 is 17.3 Å². The molecule has 130 valence electrons. The summed E-state index contributed by atoms with van der Waals surface area (Å²) in [6, 6.07) is 10.9. The van der Waals surface area contributed by atoms with E-state index in [2.05, 4.69) is 20.6 Å². The molecule has 0 aliphatic carbocycles. The number of carbonyl (C=O) groups excluding carboxylic acids is 1. The molecule has 4 rings (SSSR count). The summed E-state index contributed by atoms with van der Waals surface area (Å²) in [4.78, 5) is 27.3. The van der Waals surface area contributed by atoms with Crippen LogP contribution in [0.3, 0.4) is 0 Å². The standard InChI is InChI=1S/C17H11ClFN5O2/c18-11-4-2-1-3-9(11)8-20-16(25)14-15-17(26)21-12-7-10(19)5-6-13(12)24(15)23-22-14/h1-7H,8H2,(H,20,25)(H,21,26). The molecule has 0 saturated heterocycles. The first-order valence-corrected chi connectivity index (χ1v) is 8.01. The second kappa shape index (κ2) is 6.23. The molecular formula is C17H11ClFN5O2. The molecule has 0 bridgehead atoms. The van der Waals surface area contributed by atoms with Gasteiger partial charge in [-0.1, -0.05) is 35.0 Å². The molecule has 0 radical (unpaired) electrons. The Balaban J connectivity index is 1.73. The summed E-state index contributed by atoms with van der Waals surface area (Å²) >= 11 is 6.06. The molecule has 4 aromatic rings. The minimum Gasteiger partial charge on any atom is -0.346 e. The van der Waals surface area contributed by atoms with Gasteiger partial charge in [0, 0.05) is 11.6 Å². The first kappa shape index (κ1) is 16.2. The predicted octanol–water partition coefficient (Wildman–Crippen LogP) is 2.29. The molecule has 0 aliphatic rings. The van der Waals surface area contributed by atoms with Crippen molar-refractivity contribution >= 4 is 34.1 Å². The number of halogens is 2. The highest BCUT2D eigenvalue weighted by atomic mass is 35.5. The molecule has 2 aromatic heterocycles. The zero-order valence-electron chi connectivity index (χ0n) is 13.2. The summed E-state index contributed by atoms with van der Waals surface area (Å²) in [5.74, 6) is -1.06. The summed E-state index contributed by atoms with van der Waals surface area (Å²) < 4.78 is 14.6. The van der Waals surface area contributed by atoms with Gasteiger partial charge in [-0.2, -0.15) is 0 Å². The Kier molecular flexibility index (Phi) is 3.89. The van der Waals surface area contributed by atoms with E-state index in [0.29, 0.717) is 10.5 Å². The predicted molar refractivity (Wildman–Crippen MR) is 93.7 cm³/mol. The van der Waals surface area contributed by atoms with Crippen molar-refractivity contribution in [2.75, 3.05) is 0 Å². The molecule has 2 N–H and O–H groups in total. The smallest absolute Gasteiger partial charge is 0.277 e. The van der Waals surface area contributed by atoms with Crippen molar-refractivity contribution in [3.05, 3.63) is 74.9 Å². The maximum Gasteiger partial charge on any atom is 0.277 e. The van der Waals surface area contributed by atoms with Gasteiger partial charge in [0.2, 0.25) is 0 Å². The first-order chi connectivity index (χ1) is 12.5. The van der Waals surface area contributed by atoms with Crippen LogP contribution in [0.25, 0.3) is 16.6 Å². The Morgan fingerprint density at radius 2 is 2.08 bits per heavy atom. The van der Waals surface area contributed by atoms with Gasteiger partial charge in [-0.05, 0) is 29.8 Å². The lowest BCUT2D eigenvalue weighted by atomic mass is 10.2. The Labute approximate surface area is 150 Å². The fraction of sp³-hybridized carbons (Fsp3) is 0.0588. The third-order valence-electron chi connectivity index (χ3n) is 3.93. The van der Waals surface area contributed by atoms with Crippen LogP contribution in [0.15, 0.2) is 47.3 Å². The van der Waals surface area contributed by atoms with Gasteiger partial charge in [0.1, 0.15) is 5.82 Å². The van der Waals surface area contributed by atoms with Gasteiger partial charge in [0.05, 0.1) is 11.0 Å². The fourth-order valence-electron chi connectivity index (χ4n) is 2.68.